The van der Waals surface area contributed by atoms with Gasteiger partial charge in [-0.1, -0.05) is 6.07 Å². The van der Waals surface area contributed by atoms with Crippen LogP contribution in [0, 0.1) is 5.92 Å². The van der Waals surface area contributed by atoms with Crippen molar-refractivity contribution in [2.45, 2.75) is 12.8 Å². The average Bonchev–Trinajstić information content (AvgIpc) is 3.14. The largest absolute Gasteiger partial charge is 0.491 e. The molecule has 0 aliphatic heterocycles. The monoisotopic (exact) mass is 235 g/mol. The molecule has 4 heteroatoms. The van der Waals surface area contributed by atoms with E-state index in [0.29, 0.717) is 13.2 Å². The number of anilines is 1. The normalized spacial score (nSPS) is 14.4. The van der Waals surface area contributed by atoms with Gasteiger partial charge in [-0.3, -0.25) is 4.79 Å². The van der Waals surface area contributed by atoms with Gasteiger partial charge < -0.3 is 14.8 Å². The van der Waals surface area contributed by atoms with Crippen LogP contribution in [0.3, 0.4) is 0 Å². The molecule has 1 aromatic rings. The van der Waals surface area contributed by atoms with Gasteiger partial charge >= 0.3 is 0 Å². The van der Waals surface area contributed by atoms with Crippen molar-refractivity contribution in [2.75, 3.05) is 25.6 Å². The zero-order valence-electron chi connectivity index (χ0n) is 9.94. The number of hydrogen-bond donors (Lipinski definition) is 1. The molecule has 1 fully saturated rings. The molecule has 0 bridgehead atoms. The summed E-state index contributed by atoms with van der Waals surface area (Å²) in [5, 5.41) is 2.88. The molecule has 2 rings (SSSR count). The fraction of sp³-hybridized carbons (Fsp3) is 0.462. The van der Waals surface area contributed by atoms with E-state index in [1.54, 1.807) is 7.11 Å². The second-order valence-electron chi connectivity index (χ2n) is 4.13. The van der Waals surface area contributed by atoms with E-state index in [-0.39, 0.29) is 11.8 Å². The summed E-state index contributed by atoms with van der Waals surface area (Å²) in [6.45, 7) is 1.06. The van der Waals surface area contributed by atoms with Crippen LogP contribution in [-0.4, -0.2) is 26.2 Å². The van der Waals surface area contributed by atoms with Gasteiger partial charge in [0, 0.05) is 24.8 Å². The summed E-state index contributed by atoms with van der Waals surface area (Å²) in [5.41, 5.74) is 0.789. The van der Waals surface area contributed by atoms with E-state index in [2.05, 4.69) is 5.32 Å². The molecule has 1 amide bonds. The van der Waals surface area contributed by atoms with Crippen molar-refractivity contribution in [3.63, 3.8) is 0 Å². The van der Waals surface area contributed by atoms with Crippen LogP contribution in [0.1, 0.15) is 12.8 Å². The first kappa shape index (κ1) is 11.9. The van der Waals surface area contributed by atoms with Crippen LogP contribution in [0.15, 0.2) is 24.3 Å². The number of carbonyl (C=O) groups excluding carboxylic acids is 1. The average molecular weight is 235 g/mol. The first-order chi connectivity index (χ1) is 8.29. The number of methoxy groups -OCH3 is 1. The molecule has 1 N–H and O–H groups in total. The van der Waals surface area contributed by atoms with Crippen molar-refractivity contribution in [3.8, 4) is 5.75 Å². The second-order valence-corrected chi connectivity index (χ2v) is 4.13. The molecule has 92 valence electrons. The van der Waals surface area contributed by atoms with Gasteiger partial charge in [-0.25, -0.2) is 0 Å². The third-order valence-electron chi connectivity index (χ3n) is 2.61. The van der Waals surface area contributed by atoms with Gasteiger partial charge in [0.15, 0.2) is 0 Å². The quantitative estimate of drug-likeness (QED) is 0.768. The molecule has 0 unspecified atom stereocenters. The topological polar surface area (TPSA) is 47.6 Å². The minimum absolute atomic E-state index is 0.110. The molecular formula is C13H17NO3. The number of hydrogen-bond acceptors (Lipinski definition) is 3. The van der Waals surface area contributed by atoms with Crippen molar-refractivity contribution in [1.29, 1.82) is 0 Å². The molecular weight excluding hydrogens is 218 g/mol. The fourth-order valence-corrected chi connectivity index (χ4v) is 1.50. The summed E-state index contributed by atoms with van der Waals surface area (Å²) in [6, 6.07) is 7.42. The highest BCUT2D eigenvalue weighted by Gasteiger charge is 2.29. The Bertz CT molecular complexity index is 388. The zero-order valence-corrected chi connectivity index (χ0v) is 9.94. The minimum atomic E-state index is 0.110. The summed E-state index contributed by atoms with van der Waals surface area (Å²) in [4.78, 5) is 11.6. The van der Waals surface area contributed by atoms with E-state index in [9.17, 15) is 4.79 Å². The third-order valence-corrected chi connectivity index (χ3v) is 2.61. The lowest BCUT2D eigenvalue weighted by Crippen LogP contribution is -2.13. The maximum atomic E-state index is 11.6. The lowest BCUT2D eigenvalue weighted by Gasteiger charge is -2.08. The van der Waals surface area contributed by atoms with Crippen LogP contribution < -0.4 is 10.1 Å². The van der Waals surface area contributed by atoms with E-state index >= 15 is 0 Å². The van der Waals surface area contributed by atoms with Crippen LogP contribution in [0.25, 0.3) is 0 Å². The predicted molar refractivity (Wildman–Crippen MR) is 65.2 cm³/mol. The van der Waals surface area contributed by atoms with Gasteiger partial charge in [-0.05, 0) is 25.0 Å². The Morgan fingerprint density at radius 3 is 2.94 bits per heavy atom. The standard InChI is InChI=1S/C13H17NO3/c1-16-7-8-17-12-4-2-3-11(9-12)14-13(15)10-5-6-10/h2-4,9-10H,5-8H2,1H3,(H,14,15). The second kappa shape index (κ2) is 5.68. The maximum absolute atomic E-state index is 11.6. The Kier molecular flexibility index (Phi) is 3.98. The third kappa shape index (κ3) is 3.75. The summed E-state index contributed by atoms with van der Waals surface area (Å²) in [7, 11) is 1.63. The maximum Gasteiger partial charge on any atom is 0.227 e. The first-order valence-corrected chi connectivity index (χ1v) is 5.82. The van der Waals surface area contributed by atoms with E-state index in [0.717, 1.165) is 24.3 Å². The number of nitrogens with one attached hydrogen (secondary N) is 1. The number of carbonyl (C=O) groups is 1. The van der Waals surface area contributed by atoms with Crippen molar-refractivity contribution < 1.29 is 14.3 Å². The molecule has 0 saturated heterocycles. The van der Waals surface area contributed by atoms with Crippen molar-refractivity contribution in [1.82, 2.24) is 0 Å². The van der Waals surface area contributed by atoms with Gasteiger partial charge in [-0.15, -0.1) is 0 Å². The highest BCUT2D eigenvalue weighted by atomic mass is 16.5. The summed E-state index contributed by atoms with van der Waals surface area (Å²) in [5.74, 6) is 1.07. The number of benzene rings is 1. The van der Waals surface area contributed by atoms with E-state index in [1.807, 2.05) is 24.3 Å². The Balaban J connectivity index is 1.88. The molecule has 4 nitrogen and oxygen atoms in total. The molecule has 17 heavy (non-hydrogen) atoms. The first-order valence-electron chi connectivity index (χ1n) is 5.82. The molecule has 0 heterocycles. The van der Waals surface area contributed by atoms with Gasteiger partial charge in [0.2, 0.25) is 5.91 Å². The lowest BCUT2D eigenvalue weighted by atomic mass is 10.3. The Labute approximate surface area is 101 Å². The fourth-order valence-electron chi connectivity index (χ4n) is 1.50. The molecule has 1 aromatic carbocycles. The van der Waals surface area contributed by atoms with Gasteiger partial charge in [-0.2, -0.15) is 0 Å². The molecule has 1 aliphatic rings. The van der Waals surface area contributed by atoms with Crippen LogP contribution in [0.4, 0.5) is 5.69 Å². The molecule has 0 atom stereocenters. The zero-order chi connectivity index (χ0) is 12.1. The number of rotatable bonds is 6. The van der Waals surface area contributed by atoms with Crippen molar-refractivity contribution in [3.05, 3.63) is 24.3 Å². The smallest absolute Gasteiger partial charge is 0.227 e. The predicted octanol–water partition coefficient (Wildman–Crippen LogP) is 2.06. The minimum Gasteiger partial charge on any atom is -0.491 e. The van der Waals surface area contributed by atoms with E-state index in [1.165, 1.54) is 0 Å². The summed E-state index contributed by atoms with van der Waals surface area (Å²) >= 11 is 0. The Hall–Kier alpha value is -1.55. The lowest BCUT2D eigenvalue weighted by molar-refractivity contribution is -0.117. The van der Waals surface area contributed by atoms with Gasteiger partial charge in [0.25, 0.3) is 0 Å². The summed E-state index contributed by atoms with van der Waals surface area (Å²) < 4.78 is 10.4. The molecule has 0 radical (unpaired) electrons. The highest BCUT2D eigenvalue weighted by Crippen LogP contribution is 2.30. The van der Waals surface area contributed by atoms with Crippen LogP contribution in [-0.2, 0) is 9.53 Å². The van der Waals surface area contributed by atoms with Crippen LogP contribution in [0.5, 0.6) is 5.75 Å². The number of ether oxygens (including phenoxy) is 2. The summed E-state index contributed by atoms with van der Waals surface area (Å²) in [6.07, 6.45) is 2.02. The molecule has 0 spiro atoms. The van der Waals surface area contributed by atoms with Crippen LogP contribution >= 0.6 is 0 Å². The highest BCUT2D eigenvalue weighted by molar-refractivity contribution is 5.94. The Morgan fingerprint density at radius 1 is 1.41 bits per heavy atom. The SMILES string of the molecule is COCCOc1cccc(NC(=O)C2CC2)c1. The van der Waals surface area contributed by atoms with Gasteiger partial charge in [0.1, 0.15) is 12.4 Å². The Morgan fingerprint density at radius 2 is 2.24 bits per heavy atom. The molecule has 0 aromatic heterocycles. The van der Waals surface area contributed by atoms with E-state index in [4.69, 9.17) is 9.47 Å². The van der Waals surface area contributed by atoms with Crippen LogP contribution in [0.2, 0.25) is 0 Å². The van der Waals surface area contributed by atoms with Gasteiger partial charge in [0.05, 0.1) is 6.61 Å². The van der Waals surface area contributed by atoms with E-state index < -0.39 is 0 Å². The molecule has 1 aliphatic carbocycles. The van der Waals surface area contributed by atoms with Crippen molar-refractivity contribution in [2.24, 2.45) is 5.92 Å². The van der Waals surface area contributed by atoms with Crippen molar-refractivity contribution >= 4 is 11.6 Å². The number of amides is 1. The molecule has 1 saturated carbocycles.